The van der Waals surface area contributed by atoms with Crippen LogP contribution in [-0.2, 0) is 6.54 Å². The first-order valence-corrected chi connectivity index (χ1v) is 5.01. The van der Waals surface area contributed by atoms with Crippen molar-refractivity contribution in [1.29, 1.82) is 0 Å². The molecule has 0 spiro atoms. The molecule has 0 saturated carbocycles. The molecular formula is C10H9BrN2O. The Kier molecular flexibility index (Phi) is 2.39. The summed E-state index contributed by atoms with van der Waals surface area (Å²) in [6.45, 7) is 0.348. The van der Waals surface area contributed by atoms with Crippen LogP contribution in [0, 0.1) is 0 Å². The zero-order valence-electron chi connectivity index (χ0n) is 7.38. The van der Waals surface area contributed by atoms with Crippen molar-refractivity contribution in [2.24, 2.45) is 5.73 Å². The van der Waals surface area contributed by atoms with Gasteiger partial charge in [0.1, 0.15) is 0 Å². The van der Waals surface area contributed by atoms with Gasteiger partial charge in [-0.25, -0.2) is 0 Å². The van der Waals surface area contributed by atoms with Crippen LogP contribution in [0.5, 0.6) is 0 Å². The van der Waals surface area contributed by atoms with Crippen molar-refractivity contribution in [3.63, 3.8) is 0 Å². The number of fused-ring (bicyclic) bond motifs is 1. The van der Waals surface area contributed by atoms with Crippen molar-refractivity contribution in [3.8, 4) is 0 Å². The zero-order chi connectivity index (χ0) is 10.1. The number of halogens is 1. The van der Waals surface area contributed by atoms with Crippen LogP contribution in [0.4, 0.5) is 0 Å². The molecule has 2 aromatic rings. The number of nitrogens with one attached hydrogen (secondary N) is 1. The monoisotopic (exact) mass is 252 g/mol. The molecule has 0 radical (unpaired) electrons. The average Bonchev–Trinajstić information content (AvgIpc) is 2.19. The first-order chi connectivity index (χ1) is 6.70. The van der Waals surface area contributed by atoms with Crippen molar-refractivity contribution >= 4 is 26.8 Å². The van der Waals surface area contributed by atoms with E-state index >= 15 is 0 Å². The van der Waals surface area contributed by atoms with Crippen molar-refractivity contribution in [2.45, 2.75) is 6.54 Å². The molecular weight excluding hydrogens is 244 g/mol. The summed E-state index contributed by atoms with van der Waals surface area (Å²) in [5, 5.41) is 0.677. The molecule has 0 aliphatic heterocycles. The molecule has 0 amide bonds. The van der Waals surface area contributed by atoms with Gasteiger partial charge in [0.15, 0.2) is 5.43 Å². The fourth-order valence-corrected chi connectivity index (χ4v) is 1.75. The highest BCUT2D eigenvalue weighted by atomic mass is 79.9. The molecule has 0 aliphatic carbocycles. The van der Waals surface area contributed by atoms with Crippen molar-refractivity contribution in [2.75, 3.05) is 0 Å². The van der Waals surface area contributed by atoms with Gasteiger partial charge in [0.25, 0.3) is 0 Å². The number of rotatable bonds is 1. The molecule has 0 atom stereocenters. The number of H-pyrrole nitrogens is 1. The number of aromatic nitrogens is 1. The maximum Gasteiger partial charge on any atom is 0.189 e. The van der Waals surface area contributed by atoms with Gasteiger partial charge in [0, 0.05) is 33.7 Å². The summed E-state index contributed by atoms with van der Waals surface area (Å²) in [6, 6.07) is 7.09. The molecule has 0 aliphatic rings. The predicted molar refractivity (Wildman–Crippen MR) is 60.2 cm³/mol. The van der Waals surface area contributed by atoms with E-state index in [0.717, 1.165) is 15.7 Å². The minimum absolute atomic E-state index is 0.000463. The summed E-state index contributed by atoms with van der Waals surface area (Å²) >= 11 is 3.32. The highest BCUT2D eigenvalue weighted by molar-refractivity contribution is 9.10. The standard InChI is InChI=1S/C10H9BrN2O/c11-6-1-2-9-8(3-6)10(14)4-7(5-12)13-9/h1-4H,5,12H2,(H,13,14). The van der Waals surface area contributed by atoms with Gasteiger partial charge in [-0.2, -0.15) is 0 Å². The van der Waals surface area contributed by atoms with Crippen LogP contribution in [0.1, 0.15) is 5.69 Å². The van der Waals surface area contributed by atoms with Gasteiger partial charge in [-0.15, -0.1) is 0 Å². The van der Waals surface area contributed by atoms with E-state index in [1.807, 2.05) is 12.1 Å². The quantitative estimate of drug-likeness (QED) is 0.813. The van der Waals surface area contributed by atoms with Crippen LogP contribution >= 0.6 is 15.9 Å². The van der Waals surface area contributed by atoms with Gasteiger partial charge < -0.3 is 10.7 Å². The molecule has 72 valence electrons. The van der Waals surface area contributed by atoms with Crippen LogP contribution in [0.15, 0.2) is 33.5 Å². The lowest BCUT2D eigenvalue weighted by Crippen LogP contribution is -2.08. The molecule has 3 nitrogen and oxygen atoms in total. The molecule has 14 heavy (non-hydrogen) atoms. The molecule has 3 N–H and O–H groups in total. The van der Waals surface area contributed by atoms with Gasteiger partial charge in [0.2, 0.25) is 0 Å². The lowest BCUT2D eigenvalue weighted by atomic mass is 10.2. The summed E-state index contributed by atoms with van der Waals surface area (Å²) in [7, 11) is 0. The number of benzene rings is 1. The maximum absolute atomic E-state index is 11.6. The number of nitrogens with two attached hydrogens (primary N) is 1. The number of pyridine rings is 1. The molecule has 1 aromatic heterocycles. The Balaban J connectivity index is 2.83. The minimum Gasteiger partial charge on any atom is -0.357 e. The van der Waals surface area contributed by atoms with Crippen LogP contribution in [0.3, 0.4) is 0 Å². The van der Waals surface area contributed by atoms with E-state index in [-0.39, 0.29) is 5.43 Å². The number of hydrogen-bond donors (Lipinski definition) is 2. The molecule has 0 saturated heterocycles. The van der Waals surface area contributed by atoms with E-state index in [9.17, 15) is 4.79 Å². The van der Waals surface area contributed by atoms with E-state index < -0.39 is 0 Å². The molecule has 4 heteroatoms. The summed E-state index contributed by atoms with van der Waals surface area (Å²) in [5.41, 5.74) is 7.04. The Morgan fingerprint density at radius 1 is 1.36 bits per heavy atom. The van der Waals surface area contributed by atoms with Crippen molar-refractivity contribution in [1.82, 2.24) is 4.98 Å². The van der Waals surface area contributed by atoms with Crippen molar-refractivity contribution < 1.29 is 0 Å². The number of aromatic amines is 1. The second-order valence-electron chi connectivity index (χ2n) is 3.05. The molecule has 0 bridgehead atoms. The Labute approximate surface area is 89.1 Å². The summed E-state index contributed by atoms with van der Waals surface area (Å²) in [6.07, 6.45) is 0. The largest absolute Gasteiger partial charge is 0.357 e. The Morgan fingerprint density at radius 2 is 2.14 bits per heavy atom. The molecule has 1 aromatic carbocycles. The molecule has 1 heterocycles. The van der Waals surface area contributed by atoms with Gasteiger partial charge in [-0.3, -0.25) is 4.79 Å². The van der Waals surface area contributed by atoms with Gasteiger partial charge in [-0.05, 0) is 18.2 Å². The van der Waals surface area contributed by atoms with Crippen LogP contribution < -0.4 is 11.2 Å². The molecule has 0 fully saturated rings. The first kappa shape index (κ1) is 9.43. The van der Waals surface area contributed by atoms with Gasteiger partial charge in [-0.1, -0.05) is 15.9 Å². The normalized spacial score (nSPS) is 10.7. The third-order valence-corrected chi connectivity index (χ3v) is 2.56. The highest BCUT2D eigenvalue weighted by Gasteiger charge is 2.01. The minimum atomic E-state index is 0.000463. The first-order valence-electron chi connectivity index (χ1n) is 4.22. The maximum atomic E-state index is 11.6. The van der Waals surface area contributed by atoms with Crippen molar-refractivity contribution in [3.05, 3.63) is 44.7 Å². The average molecular weight is 253 g/mol. The Morgan fingerprint density at radius 3 is 2.86 bits per heavy atom. The topological polar surface area (TPSA) is 58.9 Å². The van der Waals surface area contributed by atoms with E-state index in [1.54, 1.807) is 6.07 Å². The zero-order valence-corrected chi connectivity index (χ0v) is 8.97. The Bertz CT molecular complexity index is 533. The fourth-order valence-electron chi connectivity index (χ4n) is 1.38. The smallest absolute Gasteiger partial charge is 0.189 e. The Hall–Kier alpha value is -1.13. The third kappa shape index (κ3) is 1.58. The number of hydrogen-bond acceptors (Lipinski definition) is 2. The summed E-state index contributed by atoms with van der Waals surface area (Å²) < 4.78 is 0.899. The van der Waals surface area contributed by atoms with E-state index in [4.69, 9.17) is 5.73 Å². The third-order valence-electron chi connectivity index (χ3n) is 2.07. The van der Waals surface area contributed by atoms with E-state index in [1.165, 1.54) is 6.07 Å². The van der Waals surface area contributed by atoms with Crippen LogP contribution in [0.2, 0.25) is 0 Å². The van der Waals surface area contributed by atoms with Gasteiger partial charge >= 0.3 is 0 Å². The molecule has 0 unspecified atom stereocenters. The summed E-state index contributed by atoms with van der Waals surface area (Å²) in [4.78, 5) is 14.7. The highest BCUT2D eigenvalue weighted by Crippen LogP contribution is 2.15. The van der Waals surface area contributed by atoms with Gasteiger partial charge in [0.05, 0.1) is 0 Å². The SMILES string of the molecule is NCc1cc(=O)c2cc(Br)ccc2[nH]1. The second-order valence-corrected chi connectivity index (χ2v) is 3.97. The van der Waals surface area contributed by atoms with E-state index in [0.29, 0.717) is 11.9 Å². The molecule has 2 rings (SSSR count). The van der Waals surface area contributed by atoms with E-state index in [2.05, 4.69) is 20.9 Å². The summed E-state index contributed by atoms with van der Waals surface area (Å²) in [5.74, 6) is 0. The fraction of sp³-hybridized carbons (Fsp3) is 0.100. The van der Waals surface area contributed by atoms with Crippen LogP contribution in [-0.4, -0.2) is 4.98 Å². The lowest BCUT2D eigenvalue weighted by Gasteiger charge is -2.01. The second kappa shape index (κ2) is 3.55. The predicted octanol–water partition coefficient (Wildman–Crippen LogP) is 1.75. The van der Waals surface area contributed by atoms with Crippen LogP contribution in [0.25, 0.3) is 10.9 Å². The lowest BCUT2D eigenvalue weighted by molar-refractivity contribution is 1.00.